The lowest BCUT2D eigenvalue weighted by Gasteiger charge is -2.26. The number of thiophene rings is 1. The van der Waals surface area contributed by atoms with Crippen LogP contribution >= 0.6 is 22.9 Å². The van der Waals surface area contributed by atoms with Crippen LogP contribution in [0.4, 0.5) is 28.7 Å². The number of ether oxygens (including phenoxy) is 1. The highest BCUT2D eigenvalue weighted by Crippen LogP contribution is 2.38. The minimum absolute atomic E-state index is 0.0574. The summed E-state index contributed by atoms with van der Waals surface area (Å²) >= 11 is 6.75. The number of rotatable bonds is 5. The van der Waals surface area contributed by atoms with Crippen LogP contribution in [0.15, 0.2) is 24.3 Å². The molecular formula is C20H19ClF3N3O4S. The van der Waals surface area contributed by atoms with Gasteiger partial charge in [0, 0.05) is 22.1 Å². The van der Waals surface area contributed by atoms with Crippen molar-refractivity contribution in [2.75, 3.05) is 23.8 Å². The van der Waals surface area contributed by atoms with Crippen molar-refractivity contribution in [1.29, 1.82) is 0 Å². The molecule has 12 heteroatoms. The standard InChI is InChI=1S/C20H19ClF3N3O4S/c1-2-8-31-19(30)27-7-6-13-14(10-27)32-17(26-18(29)20(22,23)24)15(13)16(28)25-12-5-3-4-11(21)9-12/h3-5,9H,2,6-8,10H2,1H3,(H,25,28)(H,26,29). The molecule has 1 aromatic heterocycles. The van der Waals surface area contributed by atoms with Crippen molar-refractivity contribution in [2.45, 2.75) is 32.5 Å². The van der Waals surface area contributed by atoms with Crippen molar-refractivity contribution in [3.63, 3.8) is 0 Å². The average Bonchev–Trinajstić information content (AvgIpc) is 3.08. The first-order chi connectivity index (χ1) is 15.1. The average molecular weight is 490 g/mol. The van der Waals surface area contributed by atoms with E-state index in [2.05, 4.69) is 5.32 Å². The molecule has 3 amide bonds. The molecular weight excluding hydrogens is 471 g/mol. The van der Waals surface area contributed by atoms with Crippen molar-refractivity contribution in [2.24, 2.45) is 0 Å². The number of nitrogens with one attached hydrogen (secondary N) is 2. The Hall–Kier alpha value is -2.79. The molecule has 0 atom stereocenters. The van der Waals surface area contributed by atoms with E-state index in [1.807, 2.05) is 6.92 Å². The Balaban J connectivity index is 1.92. The zero-order chi connectivity index (χ0) is 23.5. The van der Waals surface area contributed by atoms with Gasteiger partial charge in [0.2, 0.25) is 0 Å². The van der Waals surface area contributed by atoms with Crippen LogP contribution in [0.2, 0.25) is 5.02 Å². The molecule has 1 aliphatic heterocycles. The molecule has 0 saturated heterocycles. The Morgan fingerprint density at radius 2 is 2.00 bits per heavy atom. The van der Waals surface area contributed by atoms with Crippen LogP contribution in [0.25, 0.3) is 0 Å². The van der Waals surface area contributed by atoms with Crippen molar-refractivity contribution in [3.05, 3.63) is 45.3 Å². The minimum atomic E-state index is -5.12. The van der Waals surface area contributed by atoms with Gasteiger partial charge < -0.3 is 20.3 Å². The van der Waals surface area contributed by atoms with Gasteiger partial charge in [-0.15, -0.1) is 11.3 Å². The van der Waals surface area contributed by atoms with Gasteiger partial charge in [-0.05, 0) is 36.6 Å². The number of carbonyl (C=O) groups is 3. The highest BCUT2D eigenvalue weighted by Gasteiger charge is 2.40. The first kappa shape index (κ1) is 23.9. The maximum atomic E-state index is 13.0. The number of fused-ring (bicyclic) bond motifs is 1. The monoisotopic (exact) mass is 489 g/mol. The fraction of sp³-hybridized carbons (Fsp3) is 0.350. The molecule has 2 aromatic rings. The van der Waals surface area contributed by atoms with Gasteiger partial charge in [0.05, 0.1) is 18.7 Å². The number of carbonyl (C=O) groups excluding carboxylic acids is 3. The molecule has 0 spiro atoms. The Morgan fingerprint density at radius 3 is 2.66 bits per heavy atom. The highest BCUT2D eigenvalue weighted by molar-refractivity contribution is 7.17. The van der Waals surface area contributed by atoms with Crippen LogP contribution in [-0.4, -0.2) is 42.1 Å². The lowest BCUT2D eigenvalue weighted by atomic mass is 10.0. The predicted molar refractivity (Wildman–Crippen MR) is 114 cm³/mol. The van der Waals surface area contributed by atoms with Crippen LogP contribution in [-0.2, 0) is 22.5 Å². The Kier molecular flexibility index (Phi) is 7.29. The number of amides is 3. The number of hydrogen-bond acceptors (Lipinski definition) is 5. The minimum Gasteiger partial charge on any atom is -0.449 e. The largest absolute Gasteiger partial charge is 0.471 e. The van der Waals surface area contributed by atoms with Crippen LogP contribution in [0.1, 0.15) is 34.1 Å². The Labute approximate surface area is 190 Å². The number of hydrogen-bond donors (Lipinski definition) is 2. The lowest BCUT2D eigenvalue weighted by molar-refractivity contribution is -0.167. The summed E-state index contributed by atoms with van der Waals surface area (Å²) in [6.07, 6.45) is -4.81. The predicted octanol–water partition coefficient (Wildman–Crippen LogP) is 5.06. The van der Waals surface area contributed by atoms with Gasteiger partial charge in [0.1, 0.15) is 5.00 Å². The lowest BCUT2D eigenvalue weighted by Crippen LogP contribution is -2.36. The first-order valence-corrected chi connectivity index (χ1v) is 10.8. The van der Waals surface area contributed by atoms with E-state index in [-0.39, 0.29) is 36.7 Å². The second-order valence-electron chi connectivity index (χ2n) is 6.91. The van der Waals surface area contributed by atoms with Gasteiger partial charge in [-0.1, -0.05) is 24.6 Å². The van der Waals surface area contributed by atoms with Crippen LogP contribution in [0.3, 0.4) is 0 Å². The maximum Gasteiger partial charge on any atom is 0.471 e. The number of benzene rings is 1. The molecule has 2 N–H and O–H groups in total. The second kappa shape index (κ2) is 9.78. The van der Waals surface area contributed by atoms with Gasteiger partial charge in [-0.25, -0.2) is 4.79 Å². The zero-order valence-corrected chi connectivity index (χ0v) is 18.4. The van der Waals surface area contributed by atoms with Crippen LogP contribution in [0.5, 0.6) is 0 Å². The third-order valence-electron chi connectivity index (χ3n) is 4.54. The summed E-state index contributed by atoms with van der Waals surface area (Å²) in [6, 6.07) is 6.26. The van der Waals surface area contributed by atoms with Crippen molar-refractivity contribution in [3.8, 4) is 0 Å². The van der Waals surface area contributed by atoms with E-state index in [4.69, 9.17) is 16.3 Å². The molecule has 32 heavy (non-hydrogen) atoms. The number of alkyl halides is 3. The van der Waals surface area contributed by atoms with Gasteiger partial charge in [0.15, 0.2) is 0 Å². The molecule has 0 fully saturated rings. The van der Waals surface area contributed by atoms with Gasteiger partial charge in [-0.2, -0.15) is 13.2 Å². The van der Waals surface area contributed by atoms with E-state index in [0.29, 0.717) is 27.6 Å². The van der Waals surface area contributed by atoms with E-state index in [9.17, 15) is 27.6 Å². The van der Waals surface area contributed by atoms with Gasteiger partial charge in [0.25, 0.3) is 5.91 Å². The topological polar surface area (TPSA) is 87.7 Å². The summed E-state index contributed by atoms with van der Waals surface area (Å²) in [5, 5.41) is 4.52. The van der Waals surface area contributed by atoms with E-state index in [1.54, 1.807) is 23.5 Å². The zero-order valence-electron chi connectivity index (χ0n) is 16.8. The third-order valence-corrected chi connectivity index (χ3v) is 5.91. The van der Waals surface area contributed by atoms with Crippen molar-refractivity contribution in [1.82, 2.24) is 4.90 Å². The Bertz CT molecular complexity index is 1040. The highest BCUT2D eigenvalue weighted by atomic mass is 35.5. The SMILES string of the molecule is CCCOC(=O)N1CCc2c(sc(NC(=O)C(F)(F)F)c2C(=O)Nc2cccc(Cl)c2)C1. The van der Waals surface area contributed by atoms with E-state index in [0.717, 1.165) is 11.3 Å². The summed E-state index contributed by atoms with van der Waals surface area (Å²) < 4.78 is 43.6. The quantitative estimate of drug-likeness (QED) is 0.614. The Morgan fingerprint density at radius 1 is 1.25 bits per heavy atom. The number of anilines is 2. The van der Waals surface area contributed by atoms with Crippen molar-refractivity contribution < 1.29 is 32.3 Å². The first-order valence-electron chi connectivity index (χ1n) is 9.61. The normalized spacial score (nSPS) is 13.3. The summed E-state index contributed by atoms with van der Waals surface area (Å²) in [6.45, 7) is 2.37. The van der Waals surface area contributed by atoms with E-state index in [1.165, 1.54) is 11.0 Å². The molecule has 0 unspecified atom stereocenters. The number of nitrogens with zero attached hydrogens (tertiary/aromatic N) is 1. The van der Waals surface area contributed by atoms with E-state index >= 15 is 0 Å². The molecule has 1 aromatic carbocycles. The van der Waals surface area contributed by atoms with Crippen molar-refractivity contribution >= 4 is 51.5 Å². The van der Waals surface area contributed by atoms with Crippen LogP contribution in [0, 0.1) is 0 Å². The van der Waals surface area contributed by atoms with Crippen LogP contribution < -0.4 is 10.6 Å². The maximum absolute atomic E-state index is 13.0. The summed E-state index contributed by atoms with van der Waals surface area (Å²) in [7, 11) is 0. The van der Waals surface area contributed by atoms with Gasteiger partial charge >= 0.3 is 18.2 Å². The molecule has 0 bridgehead atoms. The summed E-state index contributed by atoms with van der Waals surface area (Å²) in [4.78, 5) is 38.6. The molecule has 0 aliphatic carbocycles. The molecule has 7 nitrogen and oxygen atoms in total. The third kappa shape index (κ3) is 5.52. The fourth-order valence-corrected chi connectivity index (χ4v) is 4.55. The molecule has 3 rings (SSSR count). The van der Waals surface area contributed by atoms with Gasteiger partial charge in [-0.3, -0.25) is 9.59 Å². The fourth-order valence-electron chi connectivity index (χ4n) is 3.10. The van der Waals surface area contributed by atoms with E-state index < -0.39 is 24.1 Å². The smallest absolute Gasteiger partial charge is 0.449 e. The number of halogens is 4. The summed E-state index contributed by atoms with van der Waals surface area (Å²) in [5.74, 6) is -2.88. The molecule has 172 valence electrons. The summed E-state index contributed by atoms with van der Waals surface area (Å²) in [5.41, 5.74) is 0.756. The molecule has 0 radical (unpaired) electrons. The molecule has 2 heterocycles. The second-order valence-corrected chi connectivity index (χ2v) is 8.45. The molecule has 1 aliphatic rings. The molecule has 0 saturated carbocycles.